The summed E-state index contributed by atoms with van der Waals surface area (Å²) in [6.45, 7) is 0.00246. The summed E-state index contributed by atoms with van der Waals surface area (Å²) in [5, 5.41) is 4.55. The van der Waals surface area contributed by atoms with Crippen molar-refractivity contribution in [3.63, 3.8) is 0 Å². The van der Waals surface area contributed by atoms with Gasteiger partial charge in [0.25, 0.3) is 10.1 Å². The molecular weight excluding hydrogens is 420 g/mol. The van der Waals surface area contributed by atoms with Gasteiger partial charge in [0.15, 0.2) is 0 Å². The smallest absolute Gasteiger partial charge is 0.264 e. The van der Waals surface area contributed by atoms with Crippen LogP contribution in [0.25, 0.3) is 17.0 Å². The summed E-state index contributed by atoms with van der Waals surface area (Å²) in [5.74, 6) is 1.72. The van der Waals surface area contributed by atoms with Crippen molar-refractivity contribution in [2.45, 2.75) is 6.42 Å². The van der Waals surface area contributed by atoms with E-state index in [1.165, 1.54) is 7.11 Å². The molecule has 0 fully saturated rings. The van der Waals surface area contributed by atoms with Gasteiger partial charge in [0.1, 0.15) is 17.0 Å². The fourth-order valence-electron chi connectivity index (χ4n) is 2.99. The Hall–Kier alpha value is -3.50. The predicted octanol–water partition coefficient (Wildman–Crippen LogP) is 3.11. The topological polar surface area (TPSA) is 105 Å². The van der Waals surface area contributed by atoms with Crippen molar-refractivity contribution in [2.75, 3.05) is 20.0 Å². The number of fused-ring (bicyclic) bond motifs is 1. The molecule has 3 heterocycles. The summed E-state index contributed by atoms with van der Waals surface area (Å²) in [5.41, 5.74) is 1.93. The molecular formula is C21H20N4O5S. The zero-order valence-corrected chi connectivity index (χ0v) is 17.7. The number of benzene rings is 1. The third-order valence-corrected chi connectivity index (χ3v) is 4.95. The quantitative estimate of drug-likeness (QED) is 0.385. The molecule has 10 heteroatoms. The van der Waals surface area contributed by atoms with E-state index in [-0.39, 0.29) is 6.61 Å². The Bertz CT molecular complexity index is 1310. The summed E-state index contributed by atoms with van der Waals surface area (Å²) >= 11 is 0. The Balaban J connectivity index is 1.78. The lowest BCUT2D eigenvalue weighted by molar-refractivity contribution is 0.326. The normalized spacial score (nSPS) is 11.5. The lowest BCUT2D eigenvalue weighted by Gasteiger charge is -2.11. The van der Waals surface area contributed by atoms with E-state index in [4.69, 9.17) is 13.7 Å². The second-order valence-corrected chi connectivity index (χ2v) is 8.28. The van der Waals surface area contributed by atoms with Crippen molar-refractivity contribution in [1.82, 2.24) is 19.6 Å². The van der Waals surface area contributed by atoms with Crippen LogP contribution in [-0.2, 0) is 20.7 Å². The number of hydrogen-bond acceptors (Lipinski definition) is 8. The van der Waals surface area contributed by atoms with Gasteiger partial charge in [-0.2, -0.15) is 13.4 Å². The Morgan fingerprint density at radius 3 is 2.55 bits per heavy atom. The molecule has 0 N–H and O–H groups in total. The van der Waals surface area contributed by atoms with E-state index in [0.29, 0.717) is 41.0 Å². The van der Waals surface area contributed by atoms with Crippen molar-refractivity contribution in [1.29, 1.82) is 0 Å². The number of nitrogens with zero attached hydrogens (tertiary/aromatic N) is 4. The number of hydrogen-bond donors (Lipinski definition) is 0. The third-order valence-electron chi connectivity index (χ3n) is 4.35. The lowest BCUT2D eigenvalue weighted by atomic mass is 10.2. The summed E-state index contributed by atoms with van der Waals surface area (Å²) in [7, 11) is -1.99. The minimum Gasteiger partial charge on any atom is -0.481 e. The molecule has 0 saturated carbocycles. The van der Waals surface area contributed by atoms with E-state index >= 15 is 0 Å². The highest BCUT2D eigenvalue weighted by Crippen LogP contribution is 2.29. The number of aromatic nitrogens is 4. The minimum atomic E-state index is -3.53. The van der Waals surface area contributed by atoms with E-state index in [0.717, 1.165) is 11.8 Å². The van der Waals surface area contributed by atoms with E-state index in [1.54, 1.807) is 28.9 Å². The van der Waals surface area contributed by atoms with Crippen molar-refractivity contribution in [3.8, 4) is 29.0 Å². The van der Waals surface area contributed by atoms with Gasteiger partial charge < -0.3 is 9.47 Å². The van der Waals surface area contributed by atoms with Crippen LogP contribution < -0.4 is 9.47 Å². The highest BCUT2D eigenvalue weighted by atomic mass is 32.2. The zero-order chi connectivity index (χ0) is 21.8. The first-order chi connectivity index (χ1) is 14.9. The van der Waals surface area contributed by atoms with E-state index < -0.39 is 10.1 Å². The highest BCUT2D eigenvalue weighted by Gasteiger charge is 2.17. The molecule has 9 nitrogen and oxygen atoms in total. The molecule has 0 unspecified atom stereocenters. The average Bonchev–Trinajstić information content (AvgIpc) is 3.17. The summed E-state index contributed by atoms with van der Waals surface area (Å²) in [4.78, 5) is 9.00. The van der Waals surface area contributed by atoms with Gasteiger partial charge in [-0.05, 0) is 36.2 Å². The van der Waals surface area contributed by atoms with Gasteiger partial charge in [0.2, 0.25) is 17.6 Å². The fraction of sp³-hybridized carbons (Fsp3) is 0.190. The molecule has 0 spiro atoms. The second-order valence-electron chi connectivity index (χ2n) is 6.63. The number of ether oxygens (including phenoxy) is 2. The molecule has 0 aliphatic carbocycles. The SMILES string of the molecule is COc1cccc(-c2nc(Oc3ccccc3)c3c(CCOS(C)(=O)=O)ccn3n2)n1. The van der Waals surface area contributed by atoms with Gasteiger partial charge in [-0.1, -0.05) is 24.3 Å². The first-order valence-corrected chi connectivity index (χ1v) is 11.2. The van der Waals surface area contributed by atoms with Gasteiger partial charge in [0.05, 0.1) is 20.0 Å². The third kappa shape index (κ3) is 4.98. The van der Waals surface area contributed by atoms with E-state index in [9.17, 15) is 8.42 Å². The van der Waals surface area contributed by atoms with Crippen LogP contribution in [0.3, 0.4) is 0 Å². The van der Waals surface area contributed by atoms with Crippen LogP contribution in [0.1, 0.15) is 5.56 Å². The van der Waals surface area contributed by atoms with E-state index in [1.807, 2.05) is 36.4 Å². The van der Waals surface area contributed by atoms with Crippen LogP contribution in [0.15, 0.2) is 60.8 Å². The summed E-state index contributed by atoms with van der Waals surface area (Å²) in [6.07, 6.45) is 3.12. The maximum atomic E-state index is 11.3. The van der Waals surface area contributed by atoms with Crippen LogP contribution in [0.2, 0.25) is 0 Å². The Kier molecular flexibility index (Phi) is 5.83. The molecule has 0 radical (unpaired) electrons. The Morgan fingerprint density at radius 1 is 1.00 bits per heavy atom. The van der Waals surface area contributed by atoms with Gasteiger partial charge in [0, 0.05) is 12.3 Å². The second kappa shape index (κ2) is 8.70. The number of rotatable bonds is 8. The number of pyridine rings is 1. The standard InChI is InChI=1S/C21H20N4O5S/c1-28-18-10-6-9-17(22-18)20-23-21(30-16-7-4-3-5-8-16)19-15(11-13-25(19)24-20)12-14-29-31(2,26)27/h3-11,13H,12,14H2,1-2H3. The van der Waals surface area contributed by atoms with Gasteiger partial charge >= 0.3 is 0 Å². The van der Waals surface area contributed by atoms with E-state index in [2.05, 4.69) is 15.1 Å². The minimum absolute atomic E-state index is 0.00246. The molecule has 0 atom stereocenters. The summed E-state index contributed by atoms with van der Waals surface area (Å²) in [6, 6.07) is 16.4. The summed E-state index contributed by atoms with van der Waals surface area (Å²) < 4.78 is 40.4. The molecule has 31 heavy (non-hydrogen) atoms. The van der Waals surface area contributed by atoms with Crippen molar-refractivity contribution >= 4 is 15.6 Å². The van der Waals surface area contributed by atoms with Crippen LogP contribution in [0.4, 0.5) is 0 Å². The van der Waals surface area contributed by atoms with Gasteiger partial charge in [-0.3, -0.25) is 4.18 Å². The maximum absolute atomic E-state index is 11.3. The predicted molar refractivity (Wildman–Crippen MR) is 114 cm³/mol. The Labute approximate surface area is 179 Å². The van der Waals surface area contributed by atoms with Gasteiger partial charge in [-0.15, -0.1) is 5.10 Å². The van der Waals surface area contributed by atoms with Gasteiger partial charge in [-0.25, -0.2) is 9.50 Å². The molecule has 160 valence electrons. The molecule has 4 aromatic rings. The monoisotopic (exact) mass is 440 g/mol. The molecule has 0 aliphatic rings. The first kappa shape index (κ1) is 20.8. The number of para-hydroxylation sites is 1. The van der Waals surface area contributed by atoms with Crippen LogP contribution in [0.5, 0.6) is 17.5 Å². The van der Waals surface area contributed by atoms with Crippen LogP contribution in [-0.4, -0.2) is 48.0 Å². The lowest BCUT2D eigenvalue weighted by Crippen LogP contribution is -2.07. The molecule has 4 rings (SSSR count). The Morgan fingerprint density at radius 2 is 1.81 bits per heavy atom. The largest absolute Gasteiger partial charge is 0.481 e. The zero-order valence-electron chi connectivity index (χ0n) is 16.9. The van der Waals surface area contributed by atoms with Crippen molar-refractivity contribution in [3.05, 3.63) is 66.4 Å². The van der Waals surface area contributed by atoms with Crippen molar-refractivity contribution in [2.24, 2.45) is 0 Å². The molecule has 0 bridgehead atoms. The average molecular weight is 440 g/mol. The highest BCUT2D eigenvalue weighted by molar-refractivity contribution is 7.85. The number of methoxy groups -OCH3 is 1. The fourth-order valence-corrected chi connectivity index (χ4v) is 3.38. The molecule has 3 aromatic heterocycles. The first-order valence-electron chi connectivity index (χ1n) is 9.40. The van der Waals surface area contributed by atoms with Crippen LogP contribution >= 0.6 is 0 Å². The maximum Gasteiger partial charge on any atom is 0.264 e. The molecule has 0 aliphatic heterocycles. The molecule has 0 amide bonds. The molecule has 1 aromatic carbocycles. The van der Waals surface area contributed by atoms with Crippen molar-refractivity contribution < 1.29 is 22.1 Å². The molecule has 0 saturated heterocycles. The van der Waals surface area contributed by atoms with Crippen LogP contribution in [0, 0.1) is 0 Å².